The van der Waals surface area contributed by atoms with Gasteiger partial charge in [0.05, 0.1) is 5.39 Å². The van der Waals surface area contributed by atoms with Crippen LogP contribution in [0.4, 0.5) is 5.82 Å². The van der Waals surface area contributed by atoms with E-state index in [4.69, 9.17) is 5.73 Å². The Kier molecular flexibility index (Phi) is 3.59. The molecule has 0 saturated heterocycles. The number of fused-ring (bicyclic) bond motifs is 1. The molecule has 92 valence electrons. The molecule has 0 spiro atoms. The summed E-state index contributed by atoms with van der Waals surface area (Å²) < 4.78 is 0. The lowest BCUT2D eigenvalue weighted by atomic mass is 10.2. The van der Waals surface area contributed by atoms with Gasteiger partial charge in [-0.1, -0.05) is 6.92 Å². The van der Waals surface area contributed by atoms with Crippen LogP contribution in [0.15, 0.2) is 6.33 Å². The highest BCUT2D eigenvalue weighted by Gasteiger charge is 2.11. The van der Waals surface area contributed by atoms with Crippen molar-refractivity contribution in [1.29, 1.82) is 0 Å². The van der Waals surface area contributed by atoms with E-state index in [2.05, 4.69) is 36.1 Å². The molecule has 1 atom stereocenters. The summed E-state index contributed by atoms with van der Waals surface area (Å²) in [6.45, 7) is 7.06. The highest BCUT2D eigenvalue weighted by Crippen LogP contribution is 2.32. The van der Waals surface area contributed by atoms with Crippen LogP contribution in [0, 0.1) is 13.8 Å². The number of anilines is 1. The highest BCUT2D eigenvalue weighted by molar-refractivity contribution is 7.18. The van der Waals surface area contributed by atoms with Crippen molar-refractivity contribution in [2.24, 2.45) is 5.73 Å². The second kappa shape index (κ2) is 4.98. The van der Waals surface area contributed by atoms with Gasteiger partial charge in [0.25, 0.3) is 0 Å². The van der Waals surface area contributed by atoms with Gasteiger partial charge in [0.15, 0.2) is 0 Å². The molecule has 0 fully saturated rings. The first-order valence-electron chi connectivity index (χ1n) is 5.83. The number of aryl methyl sites for hydroxylation is 2. The lowest BCUT2D eigenvalue weighted by molar-refractivity contribution is 0.678. The van der Waals surface area contributed by atoms with Crippen molar-refractivity contribution in [1.82, 2.24) is 9.97 Å². The first kappa shape index (κ1) is 12.3. The summed E-state index contributed by atoms with van der Waals surface area (Å²) in [7, 11) is 0. The summed E-state index contributed by atoms with van der Waals surface area (Å²) in [6.07, 6.45) is 2.57. The number of rotatable bonds is 4. The Balaban J connectivity index is 2.33. The number of hydrogen-bond donors (Lipinski definition) is 2. The molecule has 2 heterocycles. The van der Waals surface area contributed by atoms with Gasteiger partial charge in [0.2, 0.25) is 0 Å². The van der Waals surface area contributed by atoms with Crippen LogP contribution in [0.2, 0.25) is 0 Å². The standard InChI is InChI=1S/C12H18N4S/c1-4-9(13)5-14-11-10-7(2)8(3)17-12(10)16-6-15-11/h6,9H,4-5,13H2,1-3H3,(H,14,15,16). The van der Waals surface area contributed by atoms with E-state index in [1.807, 2.05) is 0 Å². The number of nitrogens with one attached hydrogen (secondary N) is 1. The number of aromatic nitrogens is 2. The first-order chi connectivity index (χ1) is 8.13. The fraction of sp³-hybridized carbons (Fsp3) is 0.500. The quantitative estimate of drug-likeness (QED) is 0.875. The number of nitrogens with zero attached hydrogens (tertiary/aromatic N) is 2. The number of thiophene rings is 1. The fourth-order valence-electron chi connectivity index (χ4n) is 1.69. The Morgan fingerprint density at radius 2 is 2.18 bits per heavy atom. The normalized spacial score (nSPS) is 12.9. The molecule has 2 aromatic heterocycles. The van der Waals surface area contributed by atoms with Gasteiger partial charge >= 0.3 is 0 Å². The van der Waals surface area contributed by atoms with Crippen molar-refractivity contribution >= 4 is 27.4 Å². The second-order valence-corrected chi connectivity index (χ2v) is 5.44. The van der Waals surface area contributed by atoms with Crippen LogP contribution in [-0.2, 0) is 0 Å². The first-order valence-corrected chi connectivity index (χ1v) is 6.65. The van der Waals surface area contributed by atoms with Gasteiger partial charge in [-0.2, -0.15) is 0 Å². The van der Waals surface area contributed by atoms with Crippen LogP contribution in [0.1, 0.15) is 23.8 Å². The van der Waals surface area contributed by atoms with Crippen molar-refractivity contribution < 1.29 is 0 Å². The minimum atomic E-state index is 0.167. The smallest absolute Gasteiger partial charge is 0.138 e. The van der Waals surface area contributed by atoms with Crippen molar-refractivity contribution in [3.63, 3.8) is 0 Å². The van der Waals surface area contributed by atoms with Crippen LogP contribution >= 0.6 is 11.3 Å². The largest absolute Gasteiger partial charge is 0.368 e. The van der Waals surface area contributed by atoms with E-state index in [1.165, 1.54) is 10.4 Å². The van der Waals surface area contributed by atoms with Crippen LogP contribution in [0.5, 0.6) is 0 Å². The molecule has 0 amide bonds. The molecule has 2 rings (SSSR count). The van der Waals surface area contributed by atoms with E-state index in [9.17, 15) is 0 Å². The Hall–Kier alpha value is -1.20. The van der Waals surface area contributed by atoms with Gasteiger partial charge in [-0.15, -0.1) is 11.3 Å². The van der Waals surface area contributed by atoms with Gasteiger partial charge in [-0.25, -0.2) is 9.97 Å². The summed E-state index contributed by atoms with van der Waals surface area (Å²) >= 11 is 1.71. The SMILES string of the molecule is CCC(N)CNc1ncnc2sc(C)c(C)c12. The topological polar surface area (TPSA) is 63.8 Å². The predicted molar refractivity (Wildman–Crippen MR) is 73.6 cm³/mol. The maximum atomic E-state index is 5.90. The van der Waals surface area contributed by atoms with Crippen molar-refractivity contribution in [2.75, 3.05) is 11.9 Å². The molecular weight excluding hydrogens is 232 g/mol. The Bertz CT molecular complexity index is 520. The molecular formula is C12H18N4S. The zero-order valence-electron chi connectivity index (χ0n) is 10.4. The molecule has 0 aliphatic carbocycles. The molecule has 0 saturated carbocycles. The molecule has 5 heteroatoms. The highest BCUT2D eigenvalue weighted by atomic mass is 32.1. The Morgan fingerprint density at radius 3 is 2.88 bits per heavy atom. The van der Waals surface area contributed by atoms with Gasteiger partial charge in [0, 0.05) is 17.5 Å². The van der Waals surface area contributed by atoms with E-state index in [0.29, 0.717) is 0 Å². The van der Waals surface area contributed by atoms with Crippen molar-refractivity contribution in [3.8, 4) is 0 Å². The molecule has 0 aromatic carbocycles. The predicted octanol–water partition coefficient (Wildman–Crippen LogP) is 2.46. The third-order valence-electron chi connectivity index (χ3n) is 3.02. The van der Waals surface area contributed by atoms with Gasteiger partial charge in [-0.05, 0) is 25.8 Å². The molecule has 0 aliphatic heterocycles. The molecule has 3 N–H and O–H groups in total. The van der Waals surface area contributed by atoms with Crippen molar-refractivity contribution in [2.45, 2.75) is 33.2 Å². The maximum absolute atomic E-state index is 5.90. The third kappa shape index (κ3) is 2.40. The van der Waals surface area contributed by atoms with Crippen LogP contribution < -0.4 is 11.1 Å². The van der Waals surface area contributed by atoms with Gasteiger partial charge < -0.3 is 11.1 Å². The average Bonchev–Trinajstić information content (AvgIpc) is 2.63. The van der Waals surface area contributed by atoms with E-state index in [1.54, 1.807) is 17.7 Å². The van der Waals surface area contributed by atoms with Crippen LogP contribution in [0.3, 0.4) is 0 Å². The molecule has 0 radical (unpaired) electrons. The van der Waals surface area contributed by atoms with Gasteiger partial charge in [-0.3, -0.25) is 0 Å². The Labute approximate surface area is 105 Å². The molecule has 4 nitrogen and oxygen atoms in total. The van der Waals surface area contributed by atoms with Crippen LogP contribution in [0.25, 0.3) is 10.2 Å². The van der Waals surface area contributed by atoms with E-state index in [0.717, 1.165) is 29.0 Å². The monoisotopic (exact) mass is 250 g/mol. The summed E-state index contributed by atoms with van der Waals surface area (Å²) in [5.41, 5.74) is 7.17. The minimum absolute atomic E-state index is 0.167. The Morgan fingerprint density at radius 1 is 1.41 bits per heavy atom. The molecule has 0 aliphatic rings. The third-order valence-corrected chi connectivity index (χ3v) is 4.14. The minimum Gasteiger partial charge on any atom is -0.368 e. The second-order valence-electron chi connectivity index (χ2n) is 4.23. The lowest BCUT2D eigenvalue weighted by Gasteiger charge is -2.11. The van der Waals surface area contributed by atoms with E-state index >= 15 is 0 Å². The molecule has 0 bridgehead atoms. The summed E-state index contributed by atoms with van der Waals surface area (Å²) in [5.74, 6) is 0.903. The maximum Gasteiger partial charge on any atom is 0.138 e. The molecule has 2 aromatic rings. The summed E-state index contributed by atoms with van der Waals surface area (Å²) in [6, 6.07) is 0.167. The lowest BCUT2D eigenvalue weighted by Crippen LogP contribution is -2.28. The van der Waals surface area contributed by atoms with Gasteiger partial charge in [0.1, 0.15) is 17.0 Å². The summed E-state index contributed by atoms with van der Waals surface area (Å²) in [5, 5.41) is 4.46. The summed E-state index contributed by atoms with van der Waals surface area (Å²) in [4.78, 5) is 11.0. The van der Waals surface area contributed by atoms with Crippen molar-refractivity contribution in [3.05, 3.63) is 16.8 Å². The zero-order valence-corrected chi connectivity index (χ0v) is 11.3. The molecule has 1 unspecified atom stereocenters. The van der Waals surface area contributed by atoms with E-state index < -0.39 is 0 Å². The average molecular weight is 250 g/mol. The van der Waals surface area contributed by atoms with E-state index in [-0.39, 0.29) is 6.04 Å². The zero-order chi connectivity index (χ0) is 12.4. The number of nitrogens with two attached hydrogens (primary N) is 1. The molecule has 17 heavy (non-hydrogen) atoms. The fourth-order valence-corrected chi connectivity index (χ4v) is 2.69. The number of hydrogen-bond acceptors (Lipinski definition) is 5. The van der Waals surface area contributed by atoms with Crippen LogP contribution in [-0.4, -0.2) is 22.6 Å².